The van der Waals surface area contributed by atoms with Crippen LogP contribution in [0.25, 0.3) is 10.8 Å². The van der Waals surface area contributed by atoms with Gasteiger partial charge in [0.25, 0.3) is 0 Å². The monoisotopic (exact) mass is 704 g/mol. The number of hydrogen-bond donors (Lipinski definition) is 0. The molecule has 4 heteroatoms. The lowest BCUT2D eigenvalue weighted by Crippen LogP contribution is -3.00. The van der Waals surface area contributed by atoms with E-state index in [1.54, 1.807) is 12.4 Å². The summed E-state index contributed by atoms with van der Waals surface area (Å²) >= 11 is 3.46. The molecule has 0 radical (unpaired) electrons. The van der Waals surface area contributed by atoms with E-state index in [0.29, 0.717) is 0 Å². The van der Waals surface area contributed by atoms with E-state index in [9.17, 15) is 0 Å². The molecule has 1 aromatic carbocycles. The second-order valence-corrected chi connectivity index (χ2v) is 12.2. The second kappa shape index (κ2) is 32.6. The topological polar surface area (TPSA) is 16.8 Å². The third-order valence-electron chi connectivity index (χ3n) is 7.57. The van der Waals surface area contributed by atoms with E-state index in [1.165, 1.54) is 145 Å². The van der Waals surface area contributed by atoms with E-state index in [0.717, 1.165) is 6.54 Å². The van der Waals surface area contributed by atoms with E-state index >= 15 is 0 Å². The summed E-state index contributed by atoms with van der Waals surface area (Å²) in [4.78, 5) is 3.78. The van der Waals surface area contributed by atoms with Crippen LogP contribution < -0.4 is 21.5 Å². The van der Waals surface area contributed by atoms with Crippen molar-refractivity contribution in [2.24, 2.45) is 0 Å². The van der Waals surface area contributed by atoms with Gasteiger partial charge >= 0.3 is 0 Å². The Bertz CT molecular complexity index is 882. The molecule has 0 amide bonds. The number of hydrogen-bond acceptors (Lipinski definition) is 1. The molecule has 0 saturated carbocycles. The average Bonchev–Trinajstić information content (AvgIpc) is 3.02. The van der Waals surface area contributed by atoms with Gasteiger partial charge in [-0.1, -0.05) is 163 Å². The minimum absolute atomic E-state index is 0. The van der Waals surface area contributed by atoms with Crippen LogP contribution in [0.3, 0.4) is 0 Å². The Morgan fingerprint density at radius 3 is 1.40 bits per heavy atom. The van der Waals surface area contributed by atoms with Gasteiger partial charge in [0.2, 0.25) is 0 Å². The molecule has 0 N–H and O–H groups in total. The summed E-state index contributed by atoms with van der Waals surface area (Å²) in [5.74, 6) is 0. The number of aryl methyl sites for hydroxylation is 1. The molecule has 0 bridgehead atoms. The number of pyridine rings is 2. The lowest BCUT2D eigenvalue weighted by molar-refractivity contribution is -0.696. The average molecular weight is 707 g/mol. The highest BCUT2D eigenvalue weighted by atomic mass is 79.9. The van der Waals surface area contributed by atoms with E-state index < -0.39 is 0 Å². The van der Waals surface area contributed by atoms with Crippen molar-refractivity contribution in [3.8, 4) is 0 Å². The van der Waals surface area contributed by atoms with E-state index in [1.807, 2.05) is 18.2 Å². The van der Waals surface area contributed by atoms with Crippen molar-refractivity contribution < 1.29 is 21.5 Å². The highest BCUT2D eigenvalue weighted by molar-refractivity contribution is 9.09. The SMILES string of the molecule is CCCCCCCCCCCCBr.CCCCCCCCCCCC[n+]1ccc2ccccc2c1.[Br-].c1ccncc1. The summed E-state index contributed by atoms with van der Waals surface area (Å²) in [6.07, 6.45) is 36.4. The molecule has 238 valence electrons. The molecule has 42 heavy (non-hydrogen) atoms. The van der Waals surface area contributed by atoms with Gasteiger partial charge in [0, 0.05) is 35.6 Å². The van der Waals surface area contributed by atoms with Crippen LogP contribution in [0.1, 0.15) is 142 Å². The molecule has 0 aliphatic carbocycles. The van der Waals surface area contributed by atoms with Crippen molar-refractivity contribution in [2.75, 3.05) is 5.33 Å². The first kappa shape index (κ1) is 40.7. The van der Waals surface area contributed by atoms with Gasteiger partial charge in [0.15, 0.2) is 12.4 Å². The maximum absolute atomic E-state index is 3.78. The summed E-state index contributed by atoms with van der Waals surface area (Å²) in [6.45, 7) is 5.72. The van der Waals surface area contributed by atoms with Crippen molar-refractivity contribution in [1.29, 1.82) is 0 Å². The van der Waals surface area contributed by atoms with Crippen LogP contribution >= 0.6 is 15.9 Å². The molecule has 0 unspecified atom stereocenters. The number of rotatable bonds is 21. The Kier molecular flexibility index (Phi) is 31.7. The molecule has 2 heterocycles. The predicted octanol–water partition coefficient (Wildman–Crippen LogP) is 9.44. The number of halogens is 2. The Hall–Kier alpha value is -1.26. The van der Waals surface area contributed by atoms with Crippen LogP contribution in [0.2, 0.25) is 0 Å². The van der Waals surface area contributed by atoms with Crippen molar-refractivity contribution in [2.45, 2.75) is 149 Å². The van der Waals surface area contributed by atoms with Crippen molar-refractivity contribution in [3.05, 3.63) is 73.3 Å². The Morgan fingerprint density at radius 1 is 0.524 bits per heavy atom. The molecule has 0 saturated heterocycles. The second-order valence-electron chi connectivity index (χ2n) is 11.4. The molecule has 0 aliphatic rings. The third kappa shape index (κ3) is 25.3. The molecule has 0 spiro atoms. The number of fused-ring (bicyclic) bond motifs is 1. The molecule has 3 aromatic rings. The molecular weight excluding hydrogens is 644 g/mol. The zero-order valence-electron chi connectivity index (χ0n) is 27.1. The van der Waals surface area contributed by atoms with Gasteiger partial charge in [0.05, 0.1) is 0 Å². The van der Waals surface area contributed by atoms with Crippen LogP contribution in [-0.4, -0.2) is 10.3 Å². The van der Waals surface area contributed by atoms with Gasteiger partial charge in [-0.05, 0) is 36.4 Å². The summed E-state index contributed by atoms with van der Waals surface area (Å²) < 4.78 is 2.34. The first-order chi connectivity index (χ1) is 20.3. The smallest absolute Gasteiger partial charge is 0.176 e. The van der Waals surface area contributed by atoms with Crippen LogP contribution in [0.4, 0.5) is 0 Å². The van der Waals surface area contributed by atoms with Crippen LogP contribution in [-0.2, 0) is 6.54 Å². The summed E-state index contributed by atoms with van der Waals surface area (Å²) in [5, 5.41) is 3.86. The first-order valence-corrected chi connectivity index (χ1v) is 18.2. The number of aromatic nitrogens is 2. The first-order valence-electron chi connectivity index (χ1n) is 17.1. The van der Waals surface area contributed by atoms with Gasteiger partial charge in [-0.3, -0.25) is 4.98 Å². The number of benzene rings is 1. The van der Waals surface area contributed by atoms with E-state index in [4.69, 9.17) is 0 Å². The minimum Gasteiger partial charge on any atom is -1.00 e. The third-order valence-corrected chi connectivity index (χ3v) is 8.13. The number of nitrogens with zero attached hydrogens (tertiary/aromatic N) is 2. The largest absolute Gasteiger partial charge is 1.00 e. The van der Waals surface area contributed by atoms with Gasteiger partial charge < -0.3 is 17.0 Å². The summed E-state index contributed by atoms with van der Waals surface area (Å²) in [5.41, 5.74) is 0. The Morgan fingerprint density at radius 2 is 0.976 bits per heavy atom. The van der Waals surface area contributed by atoms with Gasteiger partial charge in [-0.2, -0.15) is 0 Å². The summed E-state index contributed by atoms with van der Waals surface area (Å²) in [7, 11) is 0. The quantitative estimate of drug-likeness (QED) is 0.0613. The summed E-state index contributed by atoms with van der Waals surface area (Å²) in [6, 6.07) is 16.5. The fourth-order valence-corrected chi connectivity index (χ4v) is 5.39. The molecule has 2 aromatic heterocycles. The predicted molar refractivity (Wildman–Crippen MR) is 186 cm³/mol. The fourth-order valence-electron chi connectivity index (χ4n) is 4.99. The lowest BCUT2D eigenvalue weighted by Gasteiger charge is -2.02. The van der Waals surface area contributed by atoms with Crippen molar-refractivity contribution in [1.82, 2.24) is 4.98 Å². The Labute approximate surface area is 279 Å². The van der Waals surface area contributed by atoms with Crippen LogP contribution in [0.5, 0.6) is 0 Å². The minimum atomic E-state index is 0. The maximum atomic E-state index is 3.78. The highest BCUT2D eigenvalue weighted by Crippen LogP contribution is 2.12. The van der Waals surface area contributed by atoms with Gasteiger partial charge in [0.1, 0.15) is 6.54 Å². The zero-order chi connectivity index (χ0) is 29.5. The highest BCUT2D eigenvalue weighted by Gasteiger charge is 2.02. The van der Waals surface area contributed by atoms with Crippen LogP contribution in [0, 0.1) is 0 Å². The molecule has 3 rings (SSSR count). The lowest BCUT2D eigenvalue weighted by atomic mass is 10.1. The molecule has 0 aliphatic heterocycles. The molecule has 0 fully saturated rings. The van der Waals surface area contributed by atoms with Gasteiger partial charge in [-0.15, -0.1) is 0 Å². The van der Waals surface area contributed by atoms with E-state index in [2.05, 4.69) is 82.1 Å². The molecular formula is C38H62Br2N2. The maximum Gasteiger partial charge on any atom is 0.176 e. The normalized spacial score (nSPS) is 10.3. The van der Waals surface area contributed by atoms with E-state index in [-0.39, 0.29) is 17.0 Å². The van der Waals surface area contributed by atoms with Crippen molar-refractivity contribution >= 4 is 26.7 Å². The van der Waals surface area contributed by atoms with Crippen LogP contribution in [0.15, 0.2) is 73.3 Å². The van der Waals surface area contributed by atoms with Crippen molar-refractivity contribution in [3.63, 3.8) is 0 Å². The molecule has 2 nitrogen and oxygen atoms in total. The number of alkyl halides is 1. The fraction of sp³-hybridized carbons (Fsp3) is 0.632. The zero-order valence-corrected chi connectivity index (χ0v) is 30.3. The molecule has 0 atom stereocenters. The van der Waals surface area contributed by atoms with Gasteiger partial charge in [-0.25, -0.2) is 4.57 Å². The Balaban J connectivity index is 0.000000709. The standard InChI is InChI=1S/C21H32N.C12H25Br.C5H5N.BrH/c1-2-3-4-5-6-7-8-9-10-13-17-22-18-16-20-14-11-12-15-21(20)19-22;1-2-3-4-5-6-7-8-9-10-11-12-13;1-2-4-6-5-3-1;/h11-12,14-16,18-19H,2-10,13,17H2,1H3;2-12H2,1H3;1-5H;1H/q+1;;;/p-1. The number of unbranched alkanes of at least 4 members (excludes halogenated alkanes) is 18.